The van der Waals surface area contributed by atoms with E-state index in [9.17, 15) is 4.39 Å². The van der Waals surface area contributed by atoms with Gasteiger partial charge in [-0.25, -0.2) is 14.4 Å². The van der Waals surface area contributed by atoms with Gasteiger partial charge in [0.25, 0.3) is 0 Å². The summed E-state index contributed by atoms with van der Waals surface area (Å²) in [6, 6.07) is 6.74. The molecule has 96 valence electrons. The molecule has 1 aromatic carbocycles. The van der Waals surface area contributed by atoms with E-state index < -0.39 is 0 Å². The van der Waals surface area contributed by atoms with Crippen LogP contribution in [0.4, 0.5) is 10.2 Å². The first-order valence-corrected chi connectivity index (χ1v) is 6.80. The van der Waals surface area contributed by atoms with Crippen LogP contribution < -0.4 is 5.32 Å². The normalized spacial score (nSPS) is 10.8. The van der Waals surface area contributed by atoms with Crippen LogP contribution in [-0.2, 0) is 6.54 Å². The number of hydrogen-bond acceptors (Lipinski definition) is 4. The molecule has 0 bridgehead atoms. The van der Waals surface area contributed by atoms with E-state index >= 15 is 0 Å². The third-order valence-corrected chi connectivity index (χ3v) is 3.96. The number of fused-ring (bicyclic) bond motifs is 1. The summed E-state index contributed by atoms with van der Waals surface area (Å²) in [7, 11) is 0. The molecule has 0 radical (unpaired) electrons. The van der Waals surface area contributed by atoms with Crippen LogP contribution in [0, 0.1) is 12.7 Å². The summed E-state index contributed by atoms with van der Waals surface area (Å²) in [5, 5.41) is 6.25. The number of anilines is 1. The monoisotopic (exact) mass is 273 g/mol. The van der Waals surface area contributed by atoms with Gasteiger partial charge in [-0.2, -0.15) is 0 Å². The Balaban J connectivity index is 1.90. The van der Waals surface area contributed by atoms with Crippen molar-refractivity contribution in [3.05, 3.63) is 52.9 Å². The van der Waals surface area contributed by atoms with E-state index in [0.717, 1.165) is 21.6 Å². The Kier molecular flexibility index (Phi) is 3.13. The second-order valence-electron chi connectivity index (χ2n) is 4.27. The van der Waals surface area contributed by atoms with E-state index in [2.05, 4.69) is 15.3 Å². The Morgan fingerprint density at radius 3 is 2.95 bits per heavy atom. The van der Waals surface area contributed by atoms with E-state index in [4.69, 9.17) is 0 Å². The molecule has 2 heterocycles. The Labute approximate surface area is 114 Å². The first kappa shape index (κ1) is 12.0. The van der Waals surface area contributed by atoms with E-state index in [-0.39, 0.29) is 5.82 Å². The van der Waals surface area contributed by atoms with Gasteiger partial charge in [0, 0.05) is 12.1 Å². The van der Waals surface area contributed by atoms with Gasteiger partial charge in [-0.1, -0.05) is 18.2 Å². The van der Waals surface area contributed by atoms with Crippen LogP contribution in [0.2, 0.25) is 0 Å². The number of benzene rings is 1. The van der Waals surface area contributed by atoms with Crippen molar-refractivity contribution in [2.75, 3.05) is 5.32 Å². The number of halogens is 1. The SMILES string of the molecule is Cc1csc2ncnc(NCc3ccccc3F)c12. The first-order chi connectivity index (χ1) is 9.25. The predicted molar refractivity (Wildman–Crippen MR) is 75.9 cm³/mol. The van der Waals surface area contributed by atoms with Gasteiger partial charge in [0.2, 0.25) is 0 Å². The molecular formula is C14H12FN3S. The maximum atomic E-state index is 13.6. The van der Waals surface area contributed by atoms with Gasteiger partial charge in [0.1, 0.15) is 22.8 Å². The largest absolute Gasteiger partial charge is 0.365 e. The van der Waals surface area contributed by atoms with Crippen LogP contribution in [-0.4, -0.2) is 9.97 Å². The number of hydrogen-bond donors (Lipinski definition) is 1. The highest BCUT2D eigenvalue weighted by Gasteiger charge is 2.09. The highest BCUT2D eigenvalue weighted by atomic mass is 32.1. The van der Waals surface area contributed by atoms with Crippen molar-refractivity contribution in [3.63, 3.8) is 0 Å². The molecule has 0 atom stereocenters. The first-order valence-electron chi connectivity index (χ1n) is 5.92. The van der Waals surface area contributed by atoms with Crippen LogP contribution in [0.1, 0.15) is 11.1 Å². The van der Waals surface area contributed by atoms with Crippen molar-refractivity contribution in [1.29, 1.82) is 0 Å². The van der Waals surface area contributed by atoms with Crippen LogP contribution in [0.25, 0.3) is 10.2 Å². The molecule has 3 rings (SSSR count). The van der Waals surface area contributed by atoms with Crippen molar-refractivity contribution in [1.82, 2.24) is 9.97 Å². The Morgan fingerprint density at radius 2 is 2.11 bits per heavy atom. The second kappa shape index (κ2) is 4.93. The zero-order valence-corrected chi connectivity index (χ0v) is 11.2. The topological polar surface area (TPSA) is 37.8 Å². The lowest BCUT2D eigenvalue weighted by molar-refractivity contribution is 0.613. The minimum atomic E-state index is -0.206. The average Bonchev–Trinajstić information content (AvgIpc) is 2.80. The Morgan fingerprint density at radius 1 is 1.26 bits per heavy atom. The molecular weight excluding hydrogens is 261 g/mol. The summed E-state index contributed by atoms with van der Waals surface area (Å²) in [5.41, 5.74) is 1.76. The molecule has 3 nitrogen and oxygen atoms in total. The molecule has 5 heteroatoms. The summed E-state index contributed by atoms with van der Waals surface area (Å²) in [4.78, 5) is 9.42. The van der Waals surface area contributed by atoms with Crippen molar-refractivity contribution < 1.29 is 4.39 Å². The molecule has 2 aromatic heterocycles. The minimum absolute atomic E-state index is 0.206. The van der Waals surface area contributed by atoms with Gasteiger partial charge >= 0.3 is 0 Å². The standard InChI is InChI=1S/C14H12FN3S/c1-9-7-19-14-12(9)13(17-8-18-14)16-6-10-4-2-3-5-11(10)15/h2-5,7-8H,6H2,1H3,(H,16,17,18). The molecule has 0 aliphatic rings. The highest BCUT2D eigenvalue weighted by molar-refractivity contribution is 7.17. The van der Waals surface area contributed by atoms with E-state index in [1.54, 1.807) is 23.5 Å². The van der Waals surface area contributed by atoms with Gasteiger partial charge < -0.3 is 5.32 Å². The second-order valence-corrected chi connectivity index (χ2v) is 5.12. The number of aryl methyl sites for hydroxylation is 1. The van der Waals surface area contributed by atoms with Crippen LogP contribution in [0.3, 0.4) is 0 Å². The molecule has 1 N–H and O–H groups in total. The quantitative estimate of drug-likeness (QED) is 0.789. The molecule has 19 heavy (non-hydrogen) atoms. The molecule has 0 fully saturated rings. The third kappa shape index (κ3) is 2.29. The fraction of sp³-hybridized carbons (Fsp3) is 0.143. The Bertz CT molecular complexity index is 724. The smallest absolute Gasteiger partial charge is 0.138 e. The van der Waals surface area contributed by atoms with Gasteiger partial charge in [0.15, 0.2) is 0 Å². The molecule has 3 aromatic rings. The van der Waals surface area contributed by atoms with Crippen molar-refractivity contribution in [3.8, 4) is 0 Å². The number of nitrogens with one attached hydrogen (secondary N) is 1. The Hall–Kier alpha value is -2.01. The lowest BCUT2D eigenvalue weighted by atomic mass is 10.2. The van der Waals surface area contributed by atoms with E-state index in [1.807, 2.05) is 18.4 Å². The lowest BCUT2D eigenvalue weighted by Gasteiger charge is -2.08. The van der Waals surface area contributed by atoms with Gasteiger partial charge in [0.05, 0.1) is 5.39 Å². The summed E-state index contributed by atoms with van der Waals surface area (Å²) >= 11 is 1.59. The average molecular weight is 273 g/mol. The van der Waals surface area contributed by atoms with Gasteiger partial charge in [-0.05, 0) is 23.9 Å². The molecule has 0 aliphatic heterocycles. The number of aromatic nitrogens is 2. The predicted octanol–water partition coefficient (Wildman–Crippen LogP) is 3.75. The fourth-order valence-electron chi connectivity index (χ4n) is 1.97. The summed E-state index contributed by atoms with van der Waals surface area (Å²) in [5.74, 6) is 0.550. The minimum Gasteiger partial charge on any atom is -0.365 e. The zero-order chi connectivity index (χ0) is 13.2. The van der Waals surface area contributed by atoms with Crippen LogP contribution in [0.5, 0.6) is 0 Å². The maximum absolute atomic E-state index is 13.6. The summed E-state index contributed by atoms with van der Waals surface area (Å²) in [6.45, 7) is 2.44. The molecule has 0 saturated heterocycles. The molecule has 0 amide bonds. The van der Waals surface area contributed by atoms with Crippen LogP contribution in [0.15, 0.2) is 36.0 Å². The molecule has 0 aliphatic carbocycles. The summed E-state index contributed by atoms with van der Waals surface area (Å²) in [6.07, 6.45) is 1.53. The third-order valence-electron chi connectivity index (χ3n) is 2.96. The number of nitrogens with zero attached hydrogens (tertiary/aromatic N) is 2. The highest BCUT2D eigenvalue weighted by Crippen LogP contribution is 2.28. The van der Waals surface area contributed by atoms with E-state index in [0.29, 0.717) is 12.1 Å². The van der Waals surface area contributed by atoms with E-state index in [1.165, 1.54) is 12.4 Å². The van der Waals surface area contributed by atoms with Crippen molar-refractivity contribution >= 4 is 27.4 Å². The number of thiophene rings is 1. The lowest BCUT2D eigenvalue weighted by Crippen LogP contribution is -2.04. The molecule has 0 spiro atoms. The molecule has 0 unspecified atom stereocenters. The van der Waals surface area contributed by atoms with Gasteiger partial charge in [-0.15, -0.1) is 11.3 Å². The van der Waals surface area contributed by atoms with Gasteiger partial charge in [-0.3, -0.25) is 0 Å². The fourth-order valence-corrected chi connectivity index (χ4v) is 2.86. The molecule has 0 saturated carbocycles. The maximum Gasteiger partial charge on any atom is 0.138 e. The zero-order valence-electron chi connectivity index (χ0n) is 10.4. The number of rotatable bonds is 3. The summed E-state index contributed by atoms with van der Waals surface area (Å²) < 4.78 is 13.6. The van der Waals surface area contributed by atoms with Crippen molar-refractivity contribution in [2.24, 2.45) is 0 Å². The van der Waals surface area contributed by atoms with Crippen molar-refractivity contribution in [2.45, 2.75) is 13.5 Å². The van der Waals surface area contributed by atoms with Crippen LogP contribution >= 0.6 is 11.3 Å².